The number of hydrogen-bond donors (Lipinski definition) is 3. The largest absolute Gasteiger partial charge is 0.480 e. The number of carboxylic acids is 1. The first-order valence-electron chi connectivity index (χ1n) is 6.86. The van der Waals surface area contributed by atoms with Gasteiger partial charge in [0.05, 0.1) is 0 Å². The Labute approximate surface area is 114 Å². The van der Waals surface area contributed by atoms with E-state index in [1.165, 1.54) is 12.8 Å². The Bertz CT molecular complexity index is 325. The maximum absolute atomic E-state index is 11.7. The minimum atomic E-state index is -0.999. The molecule has 0 aliphatic heterocycles. The third-order valence-corrected chi connectivity index (χ3v) is 4.07. The third kappa shape index (κ3) is 4.09. The number of likely N-dealkylation sites (N-methyl/N-ethyl adjacent to an activating group) is 1. The van der Waals surface area contributed by atoms with Gasteiger partial charge in [0.1, 0.15) is 6.04 Å². The number of nitrogens with zero attached hydrogens (tertiary/aromatic N) is 1. The van der Waals surface area contributed by atoms with Crippen molar-refractivity contribution in [3.8, 4) is 0 Å². The summed E-state index contributed by atoms with van der Waals surface area (Å²) in [5.41, 5.74) is 0.0161. The van der Waals surface area contributed by atoms with Gasteiger partial charge >= 0.3 is 12.0 Å². The highest BCUT2D eigenvalue weighted by atomic mass is 16.4. The van der Waals surface area contributed by atoms with E-state index < -0.39 is 18.0 Å². The number of urea groups is 1. The van der Waals surface area contributed by atoms with E-state index in [1.54, 1.807) is 6.92 Å². The van der Waals surface area contributed by atoms with Crippen molar-refractivity contribution in [1.82, 2.24) is 15.5 Å². The second-order valence-electron chi connectivity index (χ2n) is 5.45. The molecule has 6 heteroatoms. The lowest BCUT2D eigenvalue weighted by Gasteiger charge is -2.36. The van der Waals surface area contributed by atoms with Crippen LogP contribution in [0.1, 0.15) is 39.0 Å². The van der Waals surface area contributed by atoms with E-state index in [0.29, 0.717) is 13.0 Å². The van der Waals surface area contributed by atoms with Crippen molar-refractivity contribution in [2.45, 2.75) is 50.6 Å². The van der Waals surface area contributed by atoms with Gasteiger partial charge in [0, 0.05) is 12.1 Å². The molecule has 2 amide bonds. The van der Waals surface area contributed by atoms with Crippen LogP contribution in [0.15, 0.2) is 0 Å². The molecule has 1 saturated carbocycles. The fourth-order valence-electron chi connectivity index (χ4n) is 2.61. The van der Waals surface area contributed by atoms with E-state index in [4.69, 9.17) is 5.11 Å². The number of carboxylic acid groups (broad SMARTS) is 1. The Balaban J connectivity index is 2.46. The highest BCUT2D eigenvalue weighted by molar-refractivity contribution is 5.82. The van der Waals surface area contributed by atoms with Gasteiger partial charge in [0.25, 0.3) is 0 Å². The summed E-state index contributed by atoms with van der Waals surface area (Å²) in [7, 11) is 4.05. The van der Waals surface area contributed by atoms with Gasteiger partial charge in [-0.2, -0.15) is 0 Å². The fourth-order valence-corrected chi connectivity index (χ4v) is 2.61. The number of amides is 2. The fraction of sp³-hybridized carbons (Fsp3) is 0.846. The number of hydrogen-bond acceptors (Lipinski definition) is 3. The molecule has 0 heterocycles. The van der Waals surface area contributed by atoms with E-state index in [2.05, 4.69) is 15.5 Å². The molecule has 0 aromatic carbocycles. The van der Waals surface area contributed by atoms with E-state index in [-0.39, 0.29) is 5.54 Å². The molecule has 3 N–H and O–H groups in total. The quantitative estimate of drug-likeness (QED) is 0.674. The van der Waals surface area contributed by atoms with Gasteiger partial charge in [-0.3, -0.25) is 0 Å². The topological polar surface area (TPSA) is 81.7 Å². The minimum absolute atomic E-state index is 0.0161. The summed E-state index contributed by atoms with van der Waals surface area (Å²) >= 11 is 0. The van der Waals surface area contributed by atoms with E-state index in [0.717, 1.165) is 12.8 Å². The number of carbonyl (C=O) groups excluding carboxylic acids is 1. The maximum atomic E-state index is 11.7. The predicted molar refractivity (Wildman–Crippen MR) is 73.1 cm³/mol. The molecule has 19 heavy (non-hydrogen) atoms. The number of nitrogens with one attached hydrogen (secondary N) is 2. The number of aliphatic carboxylic acids is 1. The maximum Gasteiger partial charge on any atom is 0.326 e. The molecule has 0 unspecified atom stereocenters. The van der Waals surface area contributed by atoms with Crippen molar-refractivity contribution in [2.24, 2.45) is 0 Å². The Morgan fingerprint density at radius 1 is 1.32 bits per heavy atom. The van der Waals surface area contributed by atoms with Gasteiger partial charge in [-0.25, -0.2) is 9.59 Å². The summed E-state index contributed by atoms with van der Waals surface area (Å²) < 4.78 is 0. The van der Waals surface area contributed by atoms with Crippen molar-refractivity contribution in [3.63, 3.8) is 0 Å². The van der Waals surface area contributed by atoms with Gasteiger partial charge < -0.3 is 20.6 Å². The molecule has 1 rings (SSSR count). The van der Waals surface area contributed by atoms with Gasteiger partial charge in [0.15, 0.2) is 0 Å². The SMILES string of the molecule is CC[C@@H](NC(=O)NCC1(N(C)C)CCCC1)C(=O)O. The van der Waals surface area contributed by atoms with Gasteiger partial charge in [0.2, 0.25) is 0 Å². The molecule has 0 spiro atoms. The van der Waals surface area contributed by atoms with Crippen LogP contribution < -0.4 is 10.6 Å². The molecule has 6 nitrogen and oxygen atoms in total. The van der Waals surface area contributed by atoms with Crippen LogP contribution in [0.3, 0.4) is 0 Å². The van der Waals surface area contributed by atoms with E-state index in [1.807, 2.05) is 14.1 Å². The standard InChI is InChI=1S/C13H25N3O3/c1-4-10(11(17)18)15-12(19)14-9-13(16(2)3)7-5-6-8-13/h10H,4-9H2,1-3H3,(H,17,18)(H2,14,15,19)/t10-/m1/s1. The number of carbonyl (C=O) groups is 2. The Kier molecular flexibility index (Phi) is 5.60. The lowest BCUT2D eigenvalue weighted by atomic mass is 9.96. The van der Waals surface area contributed by atoms with Crippen molar-refractivity contribution < 1.29 is 14.7 Å². The molecule has 110 valence electrons. The predicted octanol–water partition coefficient (Wildman–Crippen LogP) is 1.02. The Morgan fingerprint density at radius 3 is 2.32 bits per heavy atom. The summed E-state index contributed by atoms with van der Waals surface area (Å²) in [5, 5.41) is 14.2. The average molecular weight is 271 g/mol. The summed E-state index contributed by atoms with van der Waals surface area (Å²) in [4.78, 5) is 24.7. The average Bonchev–Trinajstić information content (AvgIpc) is 2.83. The second-order valence-corrected chi connectivity index (χ2v) is 5.45. The van der Waals surface area contributed by atoms with Gasteiger partial charge in [-0.15, -0.1) is 0 Å². The highest BCUT2D eigenvalue weighted by Crippen LogP contribution is 2.32. The van der Waals surface area contributed by atoms with Crippen molar-refractivity contribution in [2.75, 3.05) is 20.6 Å². The zero-order valence-electron chi connectivity index (χ0n) is 12.0. The first-order valence-corrected chi connectivity index (χ1v) is 6.86. The van der Waals surface area contributed by atoms with E-state index >= 15 is 0 Å². The summed E-state index contributed by atoms with van der Waals surface area (Å²) in [6, 6.07) is -1.22. The second kappa shape index (κ2) is 6.75. The minimum Gasteiger partial charge on any atom is -0.480 e. The van der Waals surface area contributed by atoms with Crippen LogP contribution in [0.2, 0.25) is 0 Å². The monoisotopic (exact) mass is 271 g/mol. The normalized spacial score (nSPS) is 19.2. The Morgan fingerprint density at radius 2 is 1.89 bits per heavy atom. The first-order chi connectivity index (χ1) is 8.91. The van der Waals surface area contributed by atoms with Crippen LogP contribution in [0.5, 0.6) is 0 Å². The van der Waals surface area contributed by atoms with Crippen LogP contribution in [-0.4, -0.2) is 54.2 Å². The molecular formula is C13H25N3O3. The molecule has 1 fully saturated rings. The van der Waals surface area contributed by atoms with Gasteiger partial charge in [-0.1, -0.05) is 19.8 Å². The molecule has 1 aliphatic carbocycles. The number of rotatable bonds is 6. The van der Waals surface area contributed by atoms with Crippen LogP contribution in [-0.2, 0) is 4.79 Å². The molecule has 0 aromatic heterocycles. The van der Waals surface area contributed by atoms with Crippen molar-refractivity contribution >= 4 is 12.0 Å². The molecular weight excluding hydrogens is 246 g/mol. The molecule has 0 saturated heterocycles. The third-order valence-electron chi connectivity index (χ3n) is 4.07. The van der Waals surface area contributed by atoms with Crippen LogP contribution in [0.4, 0.5) is 4.79 Å². The lowest BCUT2D eigenvalue weighted by molar-refractivity contribution is -0.139. The lowest BCUT2D eigenvalue weighted by Crippen LogP contribution is -2.54. The zero-order valence-corrected chi connectivity index (χ0v) is 12.0. The highest BCUT2D eigenvalue weighted by Gasteiger charge is 2.36. The first kappa shape index (κ1) is 15.8. The Hall–Kier alpha value is -1.30. The van der Waals surface area contributed by atoms with Crippen molar-refractivity contribution in [3.05, 3.63) is 0 Å². The van der Waals surface area contributed by atoms with Crippen LogP contribution >= 0.6 is 0 Å². The zero-order chi connectivity index (χ0) is 14.5. The molecule has 0 radical (unpaired) electrons. The van der Waals surface area contributed by atoms with Crippen molar-refractivity contribution in [1.29, 1.82) is 0 Å². The summed E-state index contributed by atoms with van der Waals surface area (Å²) in [6.45, 7) is 2.29. The smallest absolute Gasteiger partial charge is 0.326 e. The molecule has 0 aromatic rings. The molecule has 0 bridgehead atoms. The molecule has 1 aliphatic rings. The molecule has 1 atom stereocenters. The van der Waals surface area contributed by atoms with Crippen LogP contribution in [0, 0.1) is 0 Å². The summed E-state index contributed by atoms with van der Waals surface area (Å²) in [5.74, 6) is -0.999. The van der Waals surface area contributed by atoms with E-state index in [9.17, 15) is 9.59 Å². The van der Waals surface area contributed by atoms with Crippen LogP contribution in [0.25, 0.3) is 0 Å². The summed E-state index contributed by atoms with van der Waals surface area (Å²) in [6.07, 6.45) is 4.86. The van der Waals surface area contributed by atoms with Gasteiger partial charge in [-0.05, 0) is 33.4 Å².